The quantitative estimate of drug-likeness (QED) is 0.604. The van der Waals surface area contributed by atoms with Crippen LogP contribution in [0, 0.1) is 6.92 Å². The first-order valence-corrected chi connectivity index (χ1v) is 8.81. The Kier molecular flexibility index (Phi) is 4.39. The molecule has 1 amide bonds. The third kappa shape index (κ3) is 2.93. The number of nitrogens with zero attached hydrogens (tertiary/aromatic N) is 1. The number of fused-ring (bicyclic) bond motifs is 1. The lowest BCUT2D eigenvalue weighted by Crippen LogP contribution is -2.24. The molecule has 2 aromatic carbocycles. The van der Waals surface area contributed by atoms with Crippen LogP contribution in [-0.2, 0) is 14.3 Å². The summed E-state index contributed by atoms with van der Waals surface area (Å²) in [6.45, 7) is 3.86. The second-order valence-electron chi connectivity index (χ2n) is 6.60. The number of hydrogen-bond donors (Lipinski definition) is 0. The van der Waals surface area contributed by atoms with Crippen molar-refractivity contribution in [1.82, 2.24) is 0 Å². The van der Waals surface area contributed by atoms with Gasteiger partial charge in [-0.25, -0.2) is 4.79 Å². The fraction of sp³-hybridized carbons (Fsp3) is 0.182. The van der Waals surface area contributed by atoms with Gasteiger partial charge < -0.3 is 14.2 Å². The van der Waals surface area contributed by atoms with Crippen molar-refractivity contribution in [2.75, 3.05) is 18.8 Å². The molecule has 2 aromatic rings. The van der Waals surface area contributed by atoms with Crippen molar-refractivity contribution < 1.29 is 23.8 Å². The Hall–Kier alpha value is -3.54. The molecule has 0 aliphatic carbocycles. The number of benzene rings is 2. The Labute approximate surface area is 162 Å². The zero-order chi connectivity index (χ0) is 19.8. The predicted molar refractivity (Wildman–Crippen MR) is 104 cm³/mol. The van der Waals surface area contributed by atoms with Crippen molar-refractivity contribution >= 4 is 23.6 Å². The van der Waals surface area contributed by atoms with Crippen LogP contribution < -0.4 is 14.4 Å². The van der Waals surface area contributed by atoms with Crippen LogP contribution in [0.15, 0.2) is 59.3 Å². The third-order valence-corrected chi connectivity index (χ3v) is 4.76. The first kappa shape index (κ1) is 17.9. The highest BCUT2D eigenvalue weighted by molar-refractivity contribution is 6.23. The number of hydrogen-bond acceptors (Lipinski definition) is 5. The second-order valence-corrected chi connectivity index (χ2v) is 6.60. The molecule has 6 heteroatoms. The number of esters is 1. The maximum absolute atomic E-state index is 13.2. The minimum Gasteiger partial charge on any atom is -0.465 e. The SMILES string of the molecule is COC(=O)C1=C(C)N(c2cccc(C)c2)C(=O)/C1=C\c1ccc2c(c1)OCO2. The van der Waals surface area contributed by atoms with Gasteiger partial charge in [0, 0.05) is 11.4 Å². The molecule has 0 N–H and O–H groups in total. The van der Waals surface area contributed by atoms with Gasteiger partial charge in [0.25, 0.3) is 5.91 Å². The molecule has 6 nitrogen and oxygen atoms in total. The molecule has 0 bridgehead atoms. The van der Waals surface area contributed by atoms with E-state index in [-0.39, 0.29) is 23.8 Å². The fourth-order valence-electron chi connectivity index (χ4n) is 3.43. The van der Waals surface area contributed by atoms with E-state index in [1.54, 1.807) is 25.1 Å². The maximum Gasteiger partial charge on any atom is 0.340 e. The minimum atomic E-state index is -0.548. The van der Waals surface area contributed by atoms with Gasteiger partial charge in [0.15, 0.2) is 11.5 Å². The lowest BCUT2D eigenvalue weighted by molar-refractivity contribution is -0.136. The van der Waals surface area contributed by atoms with Gasteiger partial charge in [-0.3, -0.25) is 9.69 Å². The Morgan fingerprint density at radius 2 is 1.89 bits per heavy atom. The number of aryl methyl sites for hydroxylation is 1. The Bertz CT molecular complexity index is 1050. The van der Waals surface area contributed by atoms with E-state index in [0.717, 1.165) is 11.1 Å². The second kappa shape index (κ2) is 6.88. The Balaban J connectivity index is 1.82. The van der Waals surface area contributed by atoms with Crippen LogP contribution in [-0.4, -0.2) is 25.8 Å². The molecule has 0 fully saturated rings. The van der Waals surface area contributed by atoms with Crippen molar-refractivity contribution in [3.63, 3.8) is 0 Å². The van der Waals surface area contributed by atoms with Gasteiger partial charge in [0.05, 0.1) is 18.3 Å². The van der Waals surface area contributed by atoms with Gasteiger partial charge in [-0.15, -0.1) is 0 Å². The van der Waals surface area contributed by atoms with Crippen molar-refractivity contribution in [3.05, 3.63) is 70.4 Å². The number of ether oxygens (including phenoxy) is 3. The van der Waals surface area contributed by atoms with E-state index in [0.29, 0.717) is 22.9 Å². The van der Waals surface area contributed by atoms with Crippen LogP contribution in [0.4, 0.5) is 5.69 Å². The summed E-state index contributed by atoms with van der Waals surface area (Å²) in [4.78, 5) is 27.2. The Morgan fingerprint density at radius 3 is 2.64 bits per heavy atom. The number of methoxy groups -OCH3 is 1. The lowest BCUT2D eigenvalue weighted by Gasteiger charge is -2.18. The first-order valence-electron chi connectivity index (χ1n) is 8.81. The van der Waals surface area contributed by atoms with E-state index in [9.17, 15) is 9.59 Å². The number of amides is 1. The Morgan fingerprint density at radius 1 is 1.11 bits per heavy atom. The summed E-state index contributed by atoms with van der Waals surface area (Å²) < 4.78 is 15.7. The molecule has 0 saturated carbocycles. The van der Waals surface area contributed by atoms with Gasteiger partial charge in [0.2, 0.25) is 6.79 Å². The van der Waals surface area contributed by atoms with Crippen LogP contribution in [0.1, 0.15) is 18.1 Å². The molecule has 4 rings (SSSR count). The molecular formula is C22H19NO5. The van der Waals surface area contributed by atoms with Crippen molar-refractivity contribution in [3.8, 4) is 11.5 Å². The average Bonchev–Trinajstić information content (AvgIpc) is 3.23. The molecule has 2 aliphatic heterocycles. The summed E-state index contributed by atoms with van der Waals surface area (Å²) in [5.74, 6) is 0.436. The van der Waals surface area contributed by atoms with E-state index in [1.165, 1.54) is 12.0 Å². The maximum atomic E-state index is 13.2. The van der Waals surface area contributed by atoms with Crippen LogP contribution in [0.5, 0.6) is 11.5 Å². The summed E-state index contributed by atoms with van der Waals surface area (Å²) in [6, 6.07) is 12.9. The van der Waals surface area contributed by atoms with Gasteiger partial charge in [-0.1, -0.05) is 18.2 Å². The zero-order valence-corrected chi connectivity index (χ0v) is 15.8. The fourth-order valence-corrected chi connectivity index (χ4v) is 3.43. The zero-order valence-electron chi connectivity index (χ0n) is 15.8. The van der Waals surface area contributed by atoms with Crippen LogP contribution in [0.2, 0.25) is 0 Å². The highest BCUT2D eigenvalue weighted by Crippen LogP contribution is 2.37. The summed E-state index contributed by atoms with van der Waals surface area (Å²) in [7, 11) is 1.31. The monoisotopic (exact) mass is 377 g/mol. The molecule has 0 unspecified atom stereocenters. The largest absolute Gasteiger partial charge is 0.465 e. The van der Waals surface area contributed by atoms with Crippen molar-refractivity contribution in [1.29, 1.82) is 0 Å². The summed E-state index contributed by atoms with van der Waals surface area (Å²) in [5.41, 5.74) is 3.53. The topological polar surface area (TPSA) is 65.1 Å². The first-order chi connectivity index (χ1) is 13.5. The van der Waals surface area contributed by atoms with Gasteiger partial charge in [-0.2, -0.15) is 0 Å². The standard InChI is InChI=1S/C22H19NO5/c1-13-5-4-6-16(9-13)23-14(2)20(22(25)26-3)17(21(23)24)10-15-7-8-18-19(11-15)28-12-27-18/h4-11H,12H2,1-3H3/b17-10-. The van der Waals surface area contributed by atoms with Gasteiger partial charge in [-0.05, 0) is 55.3 Å². The van der Waals surface area contributed by atoms with Gasteiger partial charge >= 0.3 is 5.97 Å². The third-order valence-electron chi connectivity index (χ3n) is 4.76. The molecular weight excluding hydrogens is 358 g/mol. The van der Waals surface area contributed by atoms with Crippen LogP contribution >= 0.6 is 0 Å². The molecule has 28 heavy (non-hydrogen) atoms. The van der Waals surface area contributed by atoms with E-state index in [4.69, 9.17) is 14.2 Å². The van der Waals surface area contributed by atoms with E-state index < -0.39 is 5.97 Å². The number of anilines is 1. The predicted octanol–water partition coefficient (Wildman–Crippen LogP) is 3.60. The average molecular weight is 377 g/mol. The van der Waals surface area contributed by atoms with Crippen LogP contribution in [0.25, 0.3) is 6.08 Å². The minimum absolute atomic E-state index is 0.168. The molecule has 0 saturated heterocycles. The van der Waals surface area contributed by atoms with E-state index >= 15 is 0 Å². The van der Waals surface area contributed by atoms with Crippen LogP contribution in [0.3, 0.4) is 0 Å². The molecule has 142 valence electrons. The molecule has 0 aromatic heterocycles. The smallest absolute Gasteiger partial charge is 0.340 e. The summed E-state index contributed by atoms with van der Waals surface area (Å²) >= 11 is 0. The number of carbonyl (C=O) groups is 2. The number of rotatable bonds is 3. The summed E-state index contributed by atoms with van der Waals surface area (Å²) in [6.07, 6.45) is 1.68. The molecule has 0 spiro atoms. The summed E-state index contributed by atoms with van der Waals surface area (Å²) in [5, 5.41) is 0. The van der Waals surface area contributed by atoms with Crippen molar-refractivity contribution in [2.24, 2.45) is 0 Å². The highest BCUT2D eigenvalue weighted by atomic mass is 16.7. The highest BCUT2D eigenvalue weighted by Gasteiger charge is 2.38. The van der Waals surface area contributed by atoms with Crippen molar-refractivity contribution in [2.45, 2.75) is 13.8 Å². The number of allylic oxidation sites excluding steroid dienone is 1. The number of carbonyl (C=O) groups excluding carboxylic acids is 2. The lowest BCUT2D eigenvalue weighted by atomic mass is 10.0. The molecule has 2 heterocycles. The van der Waals surface area contributed by atoms with Gasteiger partial charge in [0.1, 0.15) is 0 Å². The normalized spacial score (nSPS) is 16.9. The molecule has 0 atom stereocenters. The van der Waals surface area contributed by atoms with E-state index in [2.05, 4.69) is 0 Å². The molecule has 0 radical (unpaired) electrons. The van der Waals surface area contributed by atoms with E-state index in [1.807, 2.05) is 37.3 Å². The molecule has 2 aliphatic rings.